The topological polar surface area (TPSA) is 34.4 Å². The van der Waals surface area contributed by atoms with E-state index in [4.69, 9.17) is 16.3 Å². The van der Waals surface area contributed by atoms with E-state index < -0.39 is 0 Å². The van der Waals surface area contributed by atoms with Crippen LogP contribution in [0.25, 0.3) is 10.9 Å². The minimum absolute atomic E-state index is 0.204. The Morgan fingerprint density at radius 1 is 1.19 bits per heavy atom. The zero-order valence-corrected chi connectivity index (χ0v) is 12.5. The average molecular weight is 302 g/mol. The molecule has 0 amide bonds. The first kappa shape index (κ1) is 13.8. The third kappa shape index (κ3) is 2.83. The number of ether oxygens (including phenoxy) is 1. The zero-order chi connectivity index (χ0) is 14.8. The number of aryl methyl sites for hydroxylation is 1. The summed E-state index contributed by atoms with van der Waals surface area (Å²) in [6.45, 7) is 3.43. The number of benzene rings is 2. The molecule has 1 aromatic heterocycles. The van der Waals surface area contributed by atoms with Gasteiger partial charge >= 0.3 is 0 Å². The summed E-state index contributed by atoms with van der Waals surface area (Å²) in [5, 5.41) is 11.3. The van der Waals surface area contributed by atoms with Crippen LogP contribution in [0.5, 0.6) is 11.5 Å². The van der Waals surface area contributed by atoms with Gasteiger partial charge in [-0.25, -0.2) is 0 Å². The molecule has 0 atom stereocenters. The van der Waals surface area contributed by atoms with Crippen LogP contribution in [-0.2, 0) is 13.2 Å². The summed E-state index contributed by atoms with van der Waals surface area (Å²) < 4.78 is 7.92. The van der Waals surface area contributed by atoms with Crippen molar-refractivity contribution in [3.8, 4) is 11.5 Å². The molecule has 0 unspecified atom stereocenters. The molecule has 0 aliphatic heterocycles. The first-order valence-electron chi connectivity index (χ1n) is 6.86. The zero-order valence-electron chi connectivity index (χ0n) is 11.7. The quantitative estimate of drug-likeness (QED) is 0.764. The molecule has 0 aliphatic carbocycles. The maximum absolute atomic E-state index is 9.46. The number of aromatic nitrogens is 1. The predicted molar refractivity (Wildman–Crippen MR) is 85.1 cm³/mol. The maximum Gasteiger partial charge on any atom is 0.123 e. The molecule has 1 heterocycles. The van der Waals surface area contributed by atoms with Crippen LogP contribution in [0.2, 0.25) is 5.02 Å². The summed E-state index contributed by atoms with van der Waals surface area (Å²) in [4.78, 5) is 0. The maximum atomic E-state index is 9.46. The number of nitrogens with zero attached hydrogens (tertiary/aromatic N) is 1. The normalized spacial score (nSPS) is 11.0. The molecule has 3 aromatic rings. The molecule has 0 aliphatic rings. The highest BCUT2D eigenvalue weighted by Gasteiger charge is 2.09. The lowest BCUT2D eigenvalue weighted by atomic mass is 10.2. The highest BCUT2D eigenvalue weighted by Crippen LogP contribution is 2.26. The summed E-state index contributed by atoms with van der Waals surface area (Å²) in [6.07, 6.45) is 2.09. The molecule has 0 saturated heterocycles. The largest absolute Gasteiger partial charge is 0.508 e. The molecule has 3 nitrogen and oxygen atoms in total. The van der Waals surface area contributed by atoms with E-state index in [1.165, 1.54) is 0 Å². The number of phenols is 1. The van der Waals surface area contributed by atoms with Gasteiger partial charge < -0.3 is 14.4 Å². The van der Waals surface area contributed by atoms with E-state index in [2.05, 4.69) is 17.7 Å². The van der Waals surface area contributed by atoms with Gasteiger partial charge in [0.05, 0.1) is 0 Å². The van der Waals surface area contributed by atoms with Gasteiger partial charge in [0.1, 0.15) is 18.1 Å². The fraction of sp³-hybridized carbons (Fsp3) is 0.176. The van der Waals surface area contributed by atoms with Crippen LogP contribution in [0.4, 0.5) is 0 Å². The molecule has 0 spiro atoms. The van der Waals surface area contributed by atoms with Crippen molar-refractivity contribution in [1.29, 1.82) is 0 Å². The van der Waals surface area contributed by atoms with Crippen LogP contribution >= 0.6 is 11.6 Å². The predicted octanol–water partition coefficient (Wildman–Crippen LogP) is 4.60. The number of phenolic OH excluding ortho intramolecular Hbond substituents is 1. The van der Waals surface area contributed by atoms with Crippen molar-refractivity contribution < 1.29 is 9.84 Å². The van der Waals surface area contributed by atoms with E-state index in [1.807, 2.05) is 24.3 Å². The van der Waals surface area contributed by atoms with Crippen LogP contribution in [-0.4, -0.2) is 9.67 Å². The van der Waals surface area contributed by atoms with Crippen molar-refractivity contribution in [2.45, 2.75) is 20.1 Å². The minimum atomic E-state index is 0.204. The second kappa shape index (κ2) is 5.70. The Morgan fingerprint density at radius 2 is 2.05 bits per heavy atom. The molecule has 0 radical (unpaired) electrons. The van der Waals surface area contributed by atoms with Crippen molar-refractivity contribution in [3.05, 3.63) is 59.2 Å². The number of fused-ring (bicyclic) bond motifs is 1. The lowest BCUT2D eigenvalue weighted by Gasteiger charge is -2.05. The highest BCUT2D eigenvalue weighted by molar-refractivity contribution is 6.31. The van der Waals surface area contributed by atoms with Crippen molar-refractivity contribution >= 4 is 22.5 Å². The Bertz CT molecular complexity index is 780. The van der Waals surface area contributed by atoms with Crippen LogP contribution in [0, 0.1) is 0 Å². The van der Waals surface area contributed by atoms with Gasteiger partial charge in [0, 0.05) is 40.3 Å². The van der Waals surface area contributed by atoms with Gasteiger partial charge in [-0.1, -0.05) is 23.7 Å². The average Bonchev–Trinajstić information content (AvgIpc) is 2.82. The Balaban J connectivity index is 1.90. The molecule has 0 bridgehead atoms. The minimum Gasteiger partial charge on any atom is -0.508 e. The smallest absolute Gasteiger partial charge is 0.123 e. The Labute approximate surface area is 128 Å². The van der Waals surface area contributed by atoms with Crippen LogP contribution < -0.4 is 4.74 Å². The Morgan fingerprint density at radius 3 is 2.81 bits per heavy atom. The Kier molecular flexibility index (Phi) is 3.76. The van der Waals surface area contributed by atoms with E-state index in [9.17, 15) is 5.11 Å². The van der Waals surface area contributed by atoms with Crippen LogP contribution in [0.15, 0.2) is 48.7 Å². The number of hydrogen-bond donors (Lipinski definition) is 1. The van der Waals surface area contributed by atoms with Gasteiger partial charge in [0.15, 0.2) is 0 Å². The molecule has 21 heavy (non-hydrogen) atoms. The fourth-order valence-electron chi connectivity index (χ4n) is 2.45. The number of aromatic hydroxyl groups is 1. The van der Waals surface area contributed by atoms with Gasteiger partial charge in [0.25, 0.3) is 0 Å². The fourth-order valence-corrected chi connectivity index (χ4v) is 2.62. The molecular weight excluding hydrogens is 286 g/mol. The molecule has 1 N–H and O–H groups in total. The number of rotatable bonds is 4. The lowest BCUT2D eigenvalue weighted by Crippen LogP contribution is -1.95. The molecule has 0 saturated carbocycles. The van der Waals surface area contributed by atoms with Crippen molar-refractivity contribution in [2.75, 3.05) is 0 Å². The monoisotopic (exact) mass is 301 g/mol. The number of hydrogen-bond acceptors (Lipinski definition) is 2. The summed E-state index contributed by atoms with van der Waals surface area (Å²) >= 11 is 6.07. The summed E-state index contributed by atoms with van der Waals surface area (Å²) in [5.74, 6) is 0.858. The standard InChI is InChI=1S/C17H16ClNO2/c1-2-19-10-12(16-7-6-13(18)8-17(16)19)11-21-15-5-3-4-14(20)9-15/h3-10,20H,2,11H2,1H3. The van der Waals surface area contributed by atoms with Gasteiger partial charge in [-0.2, -0.15) is 0 Å². The van der Waals surface area contributed by atoms with Crippen molar-refractivity contribution in [2.24, 2.45) is 0 Å². The van der Waals surface area contributed by atoms with Gasteiger partial charge in [-0.05, 0) is 31.2 Å². The third-order valence-corrected chi connectivity index (χ3v) is 3.71. The molecule has 108 valence electrons. The lowest BCUT2D eigenvalue weighted by molar-refractivity contribution is 0.305. The van der Waals surface area contributed by atoms with Gasteiger partial charge in [-0.15, -0.1) is 0 Å². The molecule has 4 heteroatoms. The summed E-state index contributed by atoms with van der Waals surface area (Å²) in [7, 11) is 0. The Hall–Kier alpha value is -2.13. The van der Waals surface area contributed by atoms with Gasteiger partial charge in [-0.3, -0.25) is 0 Å². The van der Waals surface area contributed by atoms with E-state index in [1.54, 1.807) is 18.2 Å². The van der Waals surface area contributed by atoms with Crippen LogP contribution in [0.1, 0.15) is 12.5 Å². The van der Waals surface area contributed by atoms with Crippen LogP contribution in [0.3, 0.4) is 0 Å². The van der Waals surface area contributed by atoms with E-state index in [0.717, 1.165) is 28.0 Å². The van der Waals surface area contributed by atoms with Crippen molar-refractivity contribution in [1.82, 2.24) is 4.57 Å². The molecular formula is C17H16ClNO2. The molecule has 0 fully saturated rings. The van der Waals surface area contributed by atoms with E-state index >= 15 is 0 Å². The highest BCUT2D eigenvalue weighted by atomic mass is 35.5. The van der Waals surface area contributed by atoms with E-state index in [-0.39, 0.29) is 5.75 Å². The van der Waals surface area contributed by atoms with E-state index in [0.29, 0.717) is 12.4 Å². The van der Waals surface area contributed by atoms with Crippen molar-refractivity contribution in [3.63, 3.8) is 0 Å². The number of halogens is 1. The third-order valence-electron chi connectivity index (χ3n) is 3.48. The first-order chi connectivity index (χ1) is 10.2. The SMILES string of the molecule is CCn1cc(COc2cccc(O)c2)c2ccc(Cl)cc21. The van der Waals surface area contributed by atoms with Gasteiger partial charge in [0.2, 0.25) is 0 Å². The molecule has 3 rings (SSSR count). The second-order valence-corrected chi connectivity index (χ2v) is 5.32. The second-order valence-electron chi connectivity index (χ2n) is 4.89. The first-order valence-corrected chi connectivity index (χ1v) is 7.24. The summed E-state index contributed by atoms with van der Waals surface area (Å²) in [6, 6.07) is 12.7. The molecule has 2 aromatic carbocycles. The summed E-state index contributed by atoms with van der Waals surface area (Å²) in [5.41, 5.74) is 2.21.